The Hall–Kier alpha value is -0.570. The molecule has 2 saturated carbocycles. The average molecular weight is 184 g/mol. The van der Waals surface area contributed by atoms with E-state index >= 15 is 0 Å². The smallest absolute Gasteiger partial charge is 0.309 e. The average Bonchev–Trinajstić information content (AvgIpc) is 2.51. The fourth-order valence-corrected chi connectivity index (χ4v) is 2.69. The maximum absolute atomic E-state index is 11.3. The molecule has 74 valence electrons. The van der Waals surface area contributed by atoms with Crippen molar-refractivity contribution in [3.05, 3.63) is 0 Å². The quantitative estimate of drug-likeness (QED) is 0.650. The Bertz CT molecular complexity index is 220. The minimum atomic E-state index is -0.529. The zero-order valence-electron chi connectivity index (χ0n) is 8.12. The second-order valence-corrected chi connectivity index (χ2v) is 4.51. The minimum absolute atomic E-state index is 0.0620. The van der Waals surface area contributed by atoms with Crippen molar-refractivity contribution in [2.24, 2.45) is 17.8 Å². The van der Waals surface area contributed by atoms with E-state index in [1.54, 1.807) is 0 Å². The molecule has 2 aliphatic carbocycles. The van der Waals surface area contributed by atoms with Crippen LogP contribution < -0.4 is 0 Å². The molecule has 13 heavy (non-hydrogen) atoms. The van der Waals surface area contributed by atoms with Gasteiger partial charge in [-0.2, -0.15) is 0 Å². The number of fused-ring (bicyclic) bond motifs is 1. The summed E-state index contributed by atoms with van der Waals surface area (Å²) in [5.74, 6) is 0.830. The number of ether oxygens (including phenoxy) is 1. The first-order valence-electron chi connectivity index (χ1n) is 4.94. The first-order chi connectivity index (χ1) is 6.05. The number of esters is 1. The zero-order chi connectivity index (χ0) is 9.64. The summed E-state index contributed by atoms with van der Waals surface area (Å²) in [5, 5.41) is 9.67. The van der Waals surface area contributed by atoms with Crippen LogP contribution in [0, 0.1) is 17.8 Å². The van der Waals surface area contributed by atoms with Gasteiger partial charge in [0.1, 0.15) is 0 Å². The molecule has 0 saturated heterocycles. The van der Waals surface area contributed by atoms with Gasteiger partial charge in [-0.05, 0) is 38.5 Å². The SMILES string of the molecule is CCOC(=O)C1C2CC(C)(O)CC21. The minimum Gasteiger partial charge on any atom is -0.466 e. The maximum Gasteiger partial charge on any atom is 0.309 e. The monoisotopic (exact) mass is 184 g/mol. The van der Waals surface area contributed by atoms with Gasteiger partial charge in [-0.1, -0.05) is 0 Å². The van der Waals surface area contributed by atoms with Crippen molar-refractivity contribution in [3.63, 3.8) is 0 Å². The standard InChI is InChI=1S/C10H16O3/c1-3-13-9(11)8-6-4-10(2,12)5-7(6)8/h6-8,12H,3-5H2,1-2H3. The van der Waals surface area contributed by atoms with Crippen LogP contribution in [0.5, 0.6) is 0 Å². The van der Waals surface area contributed by atoms with E-state index in [4.69, 9.17) is 4.74 Å². The highest BCUT2D eigenvalue weighted by Crippen LogP contribution is 2.61. The summed E-state index contributed by atoms with van der Waals surface area (Å²) in [7, 11) is 0. The van der Waals surface area contributed by atoms with E-state index in [-0.39, 0.29) is 11.9 Å². The van der Waals surface area contributed by atoms with Gasteiger partial charge in [0.05, 0.1) is 18.1 Å². The summed E-state index contributed by atoms with van der Waals surface area (Å²) in [6.45, 7) is 4.14. The van der Waals surface area contributed by atoms with Crippen LogP contribution in [0.2, 0.25) is 0 Å². The van der Waals surface area contributed by atoms with Gasteiger partial charge >= 0.3 is 5.97 Å². The summed E-state index contributed by atoms with van der Waals surface area (Å²) >= 11 is 0. The van der Waals surface area contributed by atoms with E-state index in [0.29, 0.717) is 18.4 Å². The molecule has 0 heterocycles. The van der Waals surface area contributed by atoms with Crippen LogP contribution in [-0.4, -0.2) is 23.3 Å². The van der Waals surface area contributed by atoms with Gasteiger partial charge in [-0.25, -0.2) is 0 Å². The predicted molar refractivity (Wildman–Crippen MR) is 47.0 cm³/mol. The number of aliphatic hydroxyl groups is 1. The van der Waals surface area contributed by atoms with Crippen molar-refractivity contribution >= 4 is 5.97 Å². The normalized spacial score (nSPS) is 47.2. The Balaban J connectivity index is 1.88. The summed E-state index contributed by atoms with van der Waals surface area (Å²) in [6, 6.07) is 0. The number of carbonyl (C=O) groups excluding carboxylic acids is 1. The molecule has 1 N–H and O–H groups in total. The van der Waals surface area contributed by atoms with Crippen LogP contribution in [0.4, 0.5) is 0 Å². The molecule has 0 spiro atoms. The van der Waals surface area contributed by atoms with Gasteiger partial charge in [0.15, 0.2) is 0 Å². The molecule has 2 rings (SSSR count). The fraction of sp³-hybridized carbons (Fsp3) is 0.900. The number of carbonyl (C=O) groups is 1. The van der Waals surface area contributed by atoms with Crippen molar-refractivity contribution in [2.45, 2.75) is 32.3 Å². The van der Waals surface area contributed by atoms with Crippen molar-refractivity contribution in [1.82, 2.24) is 0 Å². The lowest BCUT2D eigenvalue weighted by molar-refractivity contribution is -0.146. The predicted octanol–water partition coefficient (Wildman–Crippen LogP) is 0.957. The van der Waals surface area contributed by atoms with E-state index in [9.17, 15) is 9.90 Å². The third-order valence-corrected chi connectivity index (χ3v) is 3.24. The lowest BCUT2D eigenvalue weighted by atomic mass is 9.97. The lowest BCUT2D eigenvalue weighted by Crippen LogP contribution is -2.24. The van der Waals surface area contributed by atoms with Crippen LogP contribution in [-0.2, 0) is 9.53 Å². The topological polar surface area (TPSA) is 46.5 Å². The fourth-order valence-electron chi connectivity index (χ4n) is 2.69. The Kier molecular flexibility index (Phi) is 1.88. The molecule has 2 fully saturated rings. The van der Waals surface area contributed by atoms with Gasteiger partial charge < -0.3 is 9.84 Å². The third-order valence-electron chi connectivity index (χ3n) is 3.24. The largest absolute Gasteiger partial charge is 0.466 e. The van der Waals surface area contributed by atoms with Crippen molar-refractivity contribution in [3.8, 4) is 0 Å². The van der Waals surface area contributed by atoms with Gasteiger partial charge in [-0.3, -0.25) is 4.79 Å². The van der Waals surface area contributed by atoms with Crippen molar-refractivity contribution < 1.29 is 14.6 Å². The van der Waals surface area contributed by atoms with Crippen LogP contribution >= 0.6 is 0 Å². The summed E-state index contributed by atoms with van der Waals surface area (Å²) in [4.78, 5) is 11.3. The molecule has 0 aromatic carbocycles. The van der Waals surface area contributed by atoms with Crippen LogP contribution in [0.3, 0.4) is 0 Å². The highest BCUT2D eigenvalue weighted by Gasteiger charge is 2.63. The second kappa shape index (κ2) is 2.71. The molecule has 2 atom stereocenters. The molecule has 3 heteroatoms. The molecular weight excluding hydrogens is 168 g/mol. The number of hydrogen-bond acceptors (Lipinski definition) is 3. The van der Waals surface area contributed by atoms with Crippen molar-refractivity contribution in [1.29, 1.82) is 0 Å². The van der Waals surface area contributed by atoms with E-state index in [1.807, 2.05) is 13.8 Å². The molecule has 3 nitrogen and oxygen atoms in total. The van der Waals surface area contributed by atoms with Crippen LogP contribution in [0.1, 0.15) is 26.7 Å². The molecule has 0 amide bonds. The summed E-state index contributed by atoms with van der Waals surface area (Å²) < 4.78 is 4.95. The number of hydrogen-bond donors (Lipinski definition) is 1. The molecule has 0 aromatic heterocycles. The van der Waals surface area contributed by atoms with Crippen LogP contribution in [0.15, 0.2) is 0 Å². The molecule has 0 aromatic rings. The number of rotatable bonds is 2. The van der Waals surface area contributed by atoms with E-state index in [0.717, 1.165) is 12.8 Å². The molecule has 0 aliphatic heterocycles. The van der Waals surface area contributed by atoms with E-state index < -0.39 is 5.60 Å². The van der Waals surface area contributed by atoms with E-state index in [1.165, 1.54) is 0 Å². The first kappa shape index (κ1) is 9.00. The van der Waals surface area contributed by atoms with Gasteiger partial charge in [-0.15, -0.1) is 0 Å². The lowest BCUT2D eigenvalue weighted by Gasteiger charge is -2.19. The highest BCUT2D eigenvalue weighted by molar-refractivity contribution is 5.77. The van der Waals surface area contributed by atoms with Gasteiger partial charge in [0.25, 0.3) is 0 Å². The molecule has 2 unspecified atom stereocenters. The molecule has 0 bridgehead atoms. The Morgan fingerprint density at radius 1 is 1.54 bits per heavy atom. The van der Waals surface area contributed by atoms with Gasteiger partial charge in [0, 0.05) is 0 Å². The highest BCUT2D eigenvalue weighted by atomic mass is 16.5. The van der Waals surface area contributed by atoms with Gasteiger partial charge in [0.2, 0.25) is 0 Å². The maximum atomic E-state index is 11.3. The zero-order valence-corrected chi connectivity index (χ0v) is 8.12. The summed E-state index contributed by atoms with van der Waals surface area (Å²) in [5.41, 5.74) is -0.529. The third kappa shape index (κ3) is 1.46. The Morgan fingerprint density at radius 2 is 2.08 bits per heavy atom. The molecule has 0 radical (unpaired) electrons. The Morgan fingerprint density at radius 3 is 2.54 bits per heavy atom. The molecule has 2 aliphatic rings. The Labute approximate surface area is 78.1 Å². The first-order valence-corrected chi connectivity index (χ1v) is 4.94. The van der Waals surface area contributed by atoms with E-state index in [2.05, 4.69) is 0 Å². The molecular formula is C10H16O3. The summed E-state index contributed by atoms with van der Waals surface area (Å²) in [6.07, 6.45) is 1.53. The van der Waals surface area contributed by atoms with Crippen molar-refractivity contribution in [2.75, 3.05) is 6.61 Å². The van der Waals surface area contributed by atoms with Crippen LogP contribution in [0.25, 0.3) is 0 Å². The second-order valence-electron chi connectivity index (χ2n) is 4.51.